The maximum absolute atomic E-state index is 11.9. The van der Waals surface area contributed by atoms with E-state index >= 15 is 0 Å². The number of ether oxygens (including phenoxy) is 2. The van der Waals surface area contributed by atoms with Gasteiger partial charge in [0.05, 0.1) is 25.7 Å². The third-order valence-electron chi connectivity index (χ3n) is 3.03. The van der Waals surface area contributed by atoms with Gasteiger partial charge in [-0.1, -0.05) is 6.07 Å². The van der Waals surface area contributed by atoms with Gasteiger partial charge in [-0.2, -0.15) is 0 Å². The van der Waals surface area contributed by atoms with Crippen molar-refractivity contribution in [3.8, 4) is 0 Å². The molecule has 2 atom stereocenters. The van der Waals surface area contributed by atoms with E-state index in [0.717, 1.165) is 11.3 Å². The first-order chi connectivity index (χ1) is 9.31. The van der Waals surface area contributed by atoms with Crippen LogP contribution in [0.4, 0.5) is 0 Å². The van der Waals surface area contributed by atoms with Crippen molar-refractivity contribution in [2.24, 2.45) is 5.92 Å². The van der Waals surface area contributed by atoms with Crippen LogP contribution in [-0.4, -0.2) is 44.0 Å². The number of hydrogen-bond donors (Lipinski definition) is 2. The minimum absolute atomic E-state index is 0.0201. The van der Waals surface area contributed by atoms with Gasteiger partial charge in [-0.25, -0.2) is 0 Å². The summed E-state index contributed by atoms with van der Waals surface area (Å²) in [4.78, 5) is 13.0. The largest absolute Gasteiger partial charge is 0.394 e. The molecule has 1 saturated heterocycles. The highest BCUT2D eigenvalue weighted by atomic mass is 32.1. The molecule has 0 bridgehead atoms. The van der Waals surface area contributed by atoms with Gasteiger partial charge in [-0.3, -0.25) is 4.79 Å². The Morgan fingerprint density at radius 2 is 2.58 bits per heavy atom. The monoisotopic (exact) mass is 285 g/mol. The highest BCUT2D eigenvalue weighted by Crippen LogP contribution is 2.22. The molecule has 0 aromatic carbocycles. The Bertz CT molecular complexity index is 376. The summed E-state index contributed by atoms with van der Waals surface area (Å²) in [7, 11) is 0. The maximum Gasteiger partial charge on any atom is 0.225 e. The molecule has 1 aromatic heterocycles. The summed E-state index contributed by atoms with van der Waals surface area (Å²) in [6.45, 7) is 1.84. The van der Waals surface area contributed by atoms with Crippen LogP contribution in [0.5, 0.6) is 0 Å². The first kappa shape index (κ1) is 14.5. The van der Waals surface area contributed by atoms with Gasteiger partial charge in [0.1, 0.15) is 6.10 Å². The van der Waals surface area contributed by atoms with Crippen LogP contribution in [0, 0.1) is 5.92 Å². The Hall–Kier alpha value is -0.950. The van der Waals surface area contributed by atoms with Crippen molar-refractivity contribution in [3.05, 3.63) is 22.4 Å². The van der Waals surface area contributed by atoms with Crippen molar-refractivity contribution in [2.45, 2.75) is 12.5 Å². The van der Waals surface area contributed by atoms with Crippen LogP contribution in [0.1, 0.15) is 17.4 Å². The zero-order valence-corrected chi connectivity index (χ0v) is 11.5. The Morgan fingerprint density at radius 3 is 3.21 bits per heavy atom. The van der Waals surface area contributed by atoms with Gasteiger partial charge in [0.2, 0.25) is 5.91 Å². The van der Waals surface area contributed by atoms with E-state index < -0.39 is 0 Å². The number of carbonyl (C=O) groups excluding carboxylic acids is 1. The molecule has 19 heavy (non-hydrogen) atoms. The van der Waals surface area contributed by atoms with Crippen molar-refractivity contribution in [1.29, 1.82) is 0 Å². The van der Waals surface area contributed by atoms with E-state index in [2.05, 4.69) is 5.32 Å². The van der Waals surface area contributed by atoms with Gasteiger partial charge in [-0.15, -0.1) is 11.3 Å². The molecule has 2 rings (SSSR count). The molecule has 5 nitrogen and oxygen atoms in total. The van der Waals surface area contributed by atoms with Gasteiger partial charge >= 0.3 is 0 Å². The number of rotatable bonds is 7. The van der Waals surface area contributed by atoms with Crippen LogP contribution in [0.3, 0.4) is 0 Å². The molecular weight excluding hydrogens is 266 g/mol. The first-order valence-electron chi connectivity index (χ1n) is 6.42. The molecule has 106 valence electrons. The summed E-state index contributed by atoms with van der Waals surface area (Å²) < 4.78 is 10.8. The van der Waals surface area contributed by atoms with Gasteiger partial charge in [-0.05, 0) is 17.9 Å². The molecule has 1 amide bonds. The first-order valence-corrected chi connectivity index (χ1v) is 7.30. The lowest BCUT2D eigenvalue weighted by molar-refractivity contribution is -0.125. The van der Waals surface area contributed by atoms with Crippen LogP contribution in [0.25, 0.3) is 0 Å². The standard InChI is InChI=1S/C13H19NO4S/c15-4-6-18-11(12-2-1-7-19-12)8-14-13(16)10-3-5-17-9-10/h1-2,7,10-11,15H,3-6,8-9H2,(H,14,16)/t10-,11+/m0/s1. The highest BCUT2D eigenvalue weighted by Gasteiger charge is 2.24. The predicted molar refractivity (Wildman–Crippen MR) is 72.0 cm³/mol. The number of carbonyl (C=O) groups is 1. The summed E-state index contributed by atoms with van der Waals surface area (Å²) in [5, 5.41) is 13.7. The van der Waals surface area contributed by atoms with Crippen molar-refractivity contribution in [1.82, 2.24) is 5.32 Å². The second kappa shape index (κ2) is 7.59. The van der Waals surface area contributed by atoms with E-state index in [-0.39, 0.29) is 31.1 Å². The van der Waals surface area contributed by atoms with Crippen LogP contribution >= 0.6 is 11.3 Å². The maximum atomic E-state index is 11.9. The predicted octanol–water partition coefficient (Wildman–Crippen LogP) is 0.951. The van der Waals surface area contributed by atoms with E-state index in [4.69, 9.17) is 14.6 Å². The summed E-state index contributed by atoms with van der Waals surface area (Å²) in [5.41, 5.74) is 0. The Labute approximate surface area is 116 Å². The molecule has 0 aliphatic carbocycles. The van der Waals surface area contributed by atoms with Gasteiger partial charge in [0.15, 0.2) is 0 Å². The van der Waals surface area contributed by atoms with Crippen molar-refractivity contribution in [2.75, 3.05) is 33.0 Å². The lowest BCUT2D eigenvalue weighted by Crippen LogP contribution is -2.34. The lowest BCUT2D eigenvalue weighted by Gasteiger charge is -2.18. The average molecular weight is 285 g/mol. The Balaban J connectivity index is 1.83. The van der Waals surface area contributed by atoms with E-state index in [1.54, 1.807) is 11.3 Å². The number of aliphatic hydroxyl groups is 1. The molecule has 6 heteroatoms. The van der Waals surface area contributed by atoms with Crippen LogP contribution < -0.4 is 5.32 Å². The van der Waals surface area contributed by atoms with E-state index in [1.165, 1.54) is 0 Å². The SMILES string of the molecule is O=C(NC[C@@H](OCCO)c1cccs1)[C@H]1CCOC1. The normalized spacial score (nSPS) is 20.4. The number of nitrogens with one attached hydrogen (secondary N) is 1. The van der Waals surface area contributed by atoms with Gasteiger partial charge < -0.3 is 19.9 Å². The van der Waals surface area contributed by atoms with Crippen molar-refractivity contribution < 1.29 is 19.4 Å². The summed E-state index contributed by atoms with van der Waals surface area (Å²) in [6.07, 6.45) is 0.589. The van der Waals surface area contributed by atoms with E-state index in [1.807, 2.05) is 17.5 Å². The van der Waals surface area contributed by atoms with Crippen LogP contribution in [0.2, 0.25) is 0 Å². The molecular formula is C13H19NO4S. The fraction of sp³-hybridized carbons (Fsp3) is 0.615. The summed E-state index contributed by atoms with van der Waals surface area (Å²) >= 11 is 1.58. The molecule has 2 N–H and O–H groups in total. The molecule has 0 saturated carbocycles. The molecule has 1 aliphatic heterocycles. The number of amides is 1. The second-order valence-corrected chi connectivity index (χ2v) is 5.38. The molecule has 0 unspecified atom stereocenters. The topological polar surface area (TPSA) is 67.8 Å². The van der Waals surface area contributed by atoms with Crippen molar-refractivity contribution >= 4 is 17.2 Å². The second-order valence-electron chi connectivity index (χ2n) is 4.40. The van der Waals surface area contributed by atoms with E-state index in [0.29, 0.717) is 19.8 Å². The zero-order chi connectivity index (χ0) is 13.5. The number of hydrogen-bond acceptors (Lipinski definition) is 5. The number of thiophene rings is 1. The van der Waals surface area contributed by atoms with Crippen LogP contribution in [0.15, 0.2) is 17.5 Å². The summed E-state index contributed by atoms with van der Waals surface area (Å²) in [6, 6.07) is 3.92. The number of aliphatic hydroxyl groups excluding tert-OH is 1. The third kappa shape index (κ3) is 4.28. The van der Waals surface area contributed by atoms with E-state index in [9.17, 15) is 4.79 Å². The quantitative estimate of drug-likeness (QED) is 0.783. The van der Waals surface area contributed by atoms with Crippen molar-refractivity contribution in [3.63, 3.8) is 0 Å². The zero-order valence-electron chi connectivity index (χ0n) is 10.7. The fourth-order valence-electron chi connectivity index (χ4n) is 1.99. The third-order valence-corrected chi connectivity index (χ3v) is 4.00. The highest BCUT2D eigenvalue weighted by molar-refractivity contribution is 7.10. The van der Waals surface area contributed by atoms with Gasteiger partial charge in [0, 0.05) is 18.0 Å². The Kier molecular flexibility index (Phi) is 5.78. The molecule has 2 heterocycles. The molecule has 1 aliphatic rings. The average Bonchev–Trinajstić information content (AvgIpc) is 3.11. The smallest absolute Gasteiger partial charge is 0.225 e. The molecule has 1 aromatic rings. The molecule has 1 fully saturated rings. The lowest BCUT2D eigenvalue weighted by atomic mass is 10.1. The minimum Gasteiger partial charge on any atom is -0.394 e. The summed E-state index contributed by atoms with van der Waals surface area (Å²) in [5.74, 6) is -0.0199. The molecule has 0 spiro atoms. The minimum atomic E-state index is -0.196. The Morgan fingerprint density at radius 1 is 1.68 bits per heavy atom. The fourth-order valence-corrected chi connectivity index (χ4v) is 2.76. The van der Waals surface area contributed by atoms with Crippen LogP contribution in [-0.2, 0) is 14.3 Å². The van der Waals surface area contributed by atoms with Gasteiger partial charge in [0.25, 0.3) is 0 Å². The molecule has 0 radical (unpaired) electrons.